The molecule has 0 radical (unpaired) electrons. The molecule has 0 N–H and O–H groups in total. The summed E-state index contributed by atoms with van der Waals surface area (Å²) in [5, 5.41) is 0.533. The summed E-state index contributed by atoms with van der Waals surface area (Å²) in [4.78, 5) is 22.7. The number of aryl methyl sites for hydroxylation is 2. The molecule has 90 valence electrons. The van der Waals surface area contributed by atoms with Gasteiger partial charge in [-0.15, -0.1) is 0 Å². The van der Waals surface area contributed by atoms with Crippen LogP contribution in [0.5, 0.6) is 0 Å². The largest absolute Gasteiger partial charge is 0.466 e. The SMILES string of the molecule is COC(=O)/C=C/C(=O)c1cc(Cl)c(C)cc1C. The topological polar surface area (TPSA) is 43.4 Å². The van der Waals surface area contributed by atoms with Crippen molar-refractivity contribution in [2.24, 2.45) is 0 Å². The van der Waals surface area contributed by atoms with Gasteiger partial charge >= 0.3 is 5.97 Å². The summed E-state index contributed by atoms with van der Waals surface area (Å²) in [6.07, 6.45) is 2.27. The number of hydrogen-bond donors (Lipinski definition) is 0. The zero-order chi connectivity index (χ0) is 13.0. The van der Waals surface area contributed by atoms with Crippen LogP contribution in [0.1, 0.15) is 21.5 Å². The fourth-order valence-electron chi connectivity index (χ4n) is 1.39. The van der Waals surface area contributed by atoms with E-state index in [0.717, 1.165) is 17.2 Å². The molecule has 0 fully saturated rings. The first-order chi connectivity index (χ1) is 7.95. The van der Waals surface area contributed by atoms with Crippen molar-refractivity contribution in [3.05, 3.63) is 46.0 Å². The number of carbonyl (C=O) groups excluding carboxylic acids is 2. The van der Waals surface area contributed by atoms with E-state index in [2.05, 4.69) is 4.74 Å². The van der Waals surface area contributed by atoms with Crippen molar-refractivity contribution < 1.29 is 14.3 Å². The van der Waals surface area contributed by atoms with Crippen molar-refractivity contribution in [2.75, 3.05) is 7.11 Å². The number of halogens is 1. The number of methoxy groups -OCH3 is 1. The molecule has 0 atom stereocenters. The number of hydrogen-bond acceptors (Lipinski definition) is 3. The van der Waals surface area contributed by atoms with Gasteiger partial charge in [0.25, 0.3) is 0 Å². The molecular formula is C13H13ClO3. The number of esters is 1. The molecule has 0 saturated heterocycles. The molecule has 0 saturated carbocycles. The van der Waals surface area contributed by atoms with Gasteiger partial charge in [-0.25, -0.2) is 4.79 Å². The first-order valence-corrected chi connectivity index (χ1v) is 5.40. The molecule has 0 aliphatic rings. The van der Waals surface area contributed by atoms with Crippen molar-refractivity contribution in [1.82, 2.24) is 0 Å². The van der Waals surface area contributed by atoms with Crippen LogP contribution in [0.4, 0.5) is 0 Å². The Morgan fingerprint density at radius 2 is 1.82 bits per heavy atom. The summed E-state index contributed by atoms with van der Waals surface area (Å²) in [5.41, 5.74) is 2.23. The molecular weight excluding hydrogens is 240 g/mol. The van der Waals surface area contributed by atoms with Crippen LogP contribution >= 0.6 is 11.6 Å². The lowest BCUT2D eigenvalue weighted by Crippen LogP contribution is -2.01. The Labute approximate surface area is 105 Å². The maximum atomic E-state index is 11.8. The van der Waals surface area contributed by atoms with E-state index in [0.29, 0.717) is 10.6 Å². The lowest BCUT2D eigenvalue weighted by Gasteiger charge is -2.05. The Morgan fingerprint density at radius 1 is 1.18 bits per heavy atom. The molecule has 3 nitrogen and oxygen atoms in total. The minimum absolute atomic E-state index is 0.269. The highest BCUT2D eigenvalue weighted by Gasteiger charge is 2.09. The standard InChI is InChI=1S/C13H13ClO3/c1-8-6-9(2)11(14)7-10(8)12(15)4-5-13(16)17-3/h4-7H,1-3H3/b5-4+. The molecule has 4 heteroatoms. The quantitative estimate of drug-likeness (QED) is 0.472. The fourth-order valence-corrected chi connectivity index (χ4v) is 1.56. The van der Waals surface area contributed by atoms with Gasteiger partial charge in [0.05, 0.1) is 7.11 Å². The summed E-state index contributed by atoms with van der Waals surface area (Å²) < 4.78 is 4.41. The Bertz CT molecular complexity index is 490. The Hall–Kier alpha value is -1.61. The van der Waals surface area contributed by atoms with E-state index in [4.69, 9.17) is 11.6 Å². The first-order valence-electron chi connectivity index (χ1n) is 5.02. The summed E-state index contributed by atoms with van der Waals surface area (Å²) in [6.45, 7) is 3.69. The molecule has 0 aliphatic carbocycles. The summed E-state index contributed by atoms with van der Waals surface area (Å²) >= 11 is 5.95. The number of carbonyl (C=O) groups is 2. The number of rotatable bonds is 3. The van der Waals surface area contributed by atoms with Gasteiger partial charge in [-0.05, 0) is 37.1 Å². The minimum atomic E-state index is -0.561. The van der Waals surface area contributed by atoms with Crippen LogP contribution in [0.2, 0.25) is 5.02 Å². The van der Waals surface area contributed by atoms with Gasteiger partial charge in [0.15, 0.2) is 5.78 Å². The summed E-state index contributed by atoms with van der Waals surface area (Å²) in [6, 6.07) is 3.44. The second kappa shape index (κ2) is 5.64. The smallest absolute Gasteiger partial charge is 0.330 e. The molecule has 0 unspecified atom stereocenters. The fraction of sp³-hybridized carbons (Fsp3) is 0.231. The molecule has 0 aromatic heterocycles. The van der Waals surface area contributed by atoms with Gasteiger partial charge in [0.1, 0.15) is 0 Å². The maximum Gasteiger partial charge on any atom is 0.330 e. The zero-order valence-corrected chi connectivity index (χ0v) is 10.7. The normalized spacial score (nSPS) is 10.6. The van der Waals surface area contributed by atoms with E-state index < -0.39 is 5.97 Å². The van der Waals surface area contributed by atoms with E-state index in [1.165, 1.54) is 13.2 Å². The van der Waals surface area contributed by atoms with Gasteiger partial charge in [0, 0.05) is 16.7 Å². The summed E-state index contributed by atoms with van der Waals surface area (Å²) in [5.74, 6) is -0.830. The highest BCUT2D eigenvalue weighted by atomic mass is 35.5. The van der Waals surface area contributed by atoms with Crippen LogP contribution in [0.25, 0.3) is 0 Å². The number of allylic oxidation sites excluding steroid dienone is 1. The van der Waals surface area contributed by atoms with E-state index in [9.17, 15) is 9.59 Å². The lowest BCUT2D eigenvalue weighted by atomic mass is 10.0. The zero-order valence-electron chi connectivity index (χ0n) is 9.91. The third-order valence-corrected chi connectivity index (χ3v) is 2.75. The number of ether oxygens (including phenoxy) is 1. The average Bonchev–Trinajstić information content (AvgIpc) is 2.30. The van der Waals surface area contributed by atoms with Crippen molar-refractivity contribution >= 4 is 23.4 Å². The van der Waals surface area contributed by atoms with Gasteiger partial charge in [-0.1, -0.05) is 17.7 Å². The molecule has 0 aliphatic heterocycles. The van der Waals surface area contributed by atoms with Crippen molar-refractivity contribution in [1.29, 1.82) is 0 Å². The molecule has 1 rings (SSSR count). The molecule has 0 spiro atoms. The van der Waals surface area contributed by atoms with Crippen LogP contribution in [0.3, 0.4) is 0 Å². The Kier molecular flexibility index (Phi) is 4.46. The second-order valence-electron chi connectivity index (χ2n) is 3.64. The highest BCUT2D eigenvalue weighted by Crippen LogP contribution is 2.21. The molecule has 0 amide bonds. The molecule has 1 aromatic carbocycles. The van der Waals surface area contributed by atoms with Gasteiger partial charge in [-0.3, -0.25) is 4.79 Å². The predicted octanol–water partition coefficient (Wildman–Crippen LogP) is 2.87. The summed E-state index contributed by atoms with van der Waals surface area (Å²) in [7, 11) is 1.26. The third-order valence-electron chi connectivity index (χ3n) is 2.34. The van der Waals surface area contributed by atoms with E-state index >= 15 is 0 Å². The average molecular weight is 253 g/mol. The molecule has 17 heavy (non-hydrogen) atoms. The highest BCUT2D eigenvalue weighted by molar-refractivity contribution is 6.32. The molecule has 0 heterocycles. The number of benzene rings is 1. The van der Waals surface area contributed by atoms with Crippen LogP contribution in [0.15, 0.2) is 24.3 Å². The first kappa shape index (κ1) is 13.5. The van der Waals surface area contributed by atoms with Crippen LogP contribution < -0.4 is 0 Å². The lowest BCUT2D eigenvalue weighted by molar-refractivity contribution is -0.134. The maximum absolute atomic E-state index is 11.8. The van der Waals surface area contributed by atoms with E-state index in [1.807, 2.05) is 19.9 Å². The van der Waals surface area contributed by atoms with Crippen LogP contribution in [-0.2, 0) is 9.53 Å². The van der Waals surface area contributed by atoms with E-state index in [-0.39, 0.29) is 5.78 Å². The van der Waals surface area contributed by atoms with Crippen molar-refractivity contribution in [3.8, 4) is 0 Å². The van der Waals surface area contributed by atoms with Gasteiger partial charge < -0.3 is 4.74 Å². The second-order valence-corrected chi connectivity index (χ2v) is 4.04. The van der Waals surface area contributed by atoms with Crippen molar-refractivity contribution in [2.45, 2.75) is 13.8 Å². The molecule has 0 bridgehead atoms. The Morgan fingerprint density at radius 3 is 2.41 bits per heavy atom. The predicted molar refractivity (Wildman–Crippen MR) is 66.4 cm³/mol. The van der Waals surface area contributed by atoms with Gasteiger partial charge in [0.2, 0.25) is 0 Å². The number of ketones is 1. The van der Waals surface area contributed by atoms with Gasteiger partial charge in [-0.2, -0.15) is 0 Å². The third kappa shape index (κ3) is 3.43. The minimum Gasteiger partial charge on any atom is -0.466 e. The van der Waals surface area contributed by atoms with Crippen LogP contribution in [0, 0.1) is 13.8 Å². The van der Waals surface area contributed by atoms with E-state index in [1.54, 1.807) is 6.07 Å². The van der Waals surface area contributed by atoms with Crippen LogP contribution in [-0.4, -0.2) is 18.9 Å². The monoisotopic (exact) mass is 252 g/mol. The molecule has 1 aromatic rings. The Balaban J connectivity index is 3.01. The van der Waals surface area contributed by atoms with Crippen molar-refractivity contribution in [3.63, 3.8) is 0 Å².